The topological polar surface area (TPSA) is 88.3 Å². The Labute approximate surface area is 112 Å². The zero-order valence-electron chi connectivity index (χ0n) is 11.0. The Kier molecular flexibility index (Phi) is 4.31. The second-order valence-electron chi connectivity index (χ2n) is 5.09. The number of aromatic nitrogens is 1. The highest BCUT2D eigenvalue weighted by Crippen LogP contribution is 2.28. The van der Waals surface area contributed by atoms with Crippen molar-refractivity contribution in [1.29, 1.82) is 0 Å². The molecule has 1 aromatic rings. The number of nitrogens with one attached hydrogen (secondary N) is 1. The normalized spacial score (nSPS) is 23.1. The van der Waals surface area contributed by atoms with Crippen LogP contribution in [0.2, 0.25) is 0 Å². The molecule has 2 atom stereocenters. The fourth-order valence-corrected chi connectivity index (χ4v) is 2.60. The third-order valence-electron chi connectivity index (χ3n) is 3.74. The molecule has 19 heavy (non-hydrogen) atoms. The molecule has 0 saturated heterocycles. The van der Waals surface area contributed by atoms with E-state index >= 15 is 0 Å². The van der Waals surface area contributed by atoms with E-state index < -0.39 is 4.92 Å². The Morgan fingerprint density at radius 1 is 1.53 bits per heavy atom. The number of nitro groups is 1. The number of nitrogens with zero attached hydrogens (tertiary/aromatic N) is 2. The number of aliphatic hydroxyl groups is 1. The fourth-order valence-electron chi connectivity index (χ4n) is 2.60. The highest BCUT2D eigenvalue weighted by molar-refractivity contribution is 5.48. The Hall–Kier alpha value is -1.69. The van der Waals surface area contributed by atoms with Crippen molar-refractivity contribution in [3.63, 3.8) is 0 Å². The summed E-state index contributed by atoms with van der Waals surface area (Å²) >= 11 is 0. The molecule has 0 bridgehead atoms. The molecule has 6 nitrogen and oxygen atoms in total. The maximum atomic E-state index is 10.7. The van der Waals surface area contributed by atoms with Crippen LogP contribution in [0.3, 0.4) is 0 Å². The quantitative estimate of drug-likeness (QED) is 0.644. The first kappa shape index (κ1) is 13.7. The summed E-state index contributed by atoms with van der Waals surface area (Å²) in [6, 6.07) is 1.72. The van der Waals surface area contributed by atoms with E-state index in [1.165, 1.54) is 12.3 Å². The van der Waals surface area contributed by atoms with Crippen LogP contribution in [-0.2, 0) is 0 Å². The van der Waals surface area contributed by atoms with Crippen LogP contribution in [0.25, 0.3) is 0 Å². The molecule has 2 unspecified atom stereocenters. The molecule has 0 aromatic carbocycles. The monoisotopic (exact) mass is 265 g/mol. The van der Waals surface area contributed by atoms with E-state index in [2.05, 4.69) is 10.3 Å². The van der Waals surface area contributed by atoms with Crippen molar-refractivity contribution in [3.8, 4) is 0 Å². The fraction of sp³-hybridized carbons (Fsp3) is 0.615. The number of aliphatic hydroxyl groups excluding tert-OH is 1. The molecule has 1 aromatic heterocycles. The summed E-state index contributed by atoms with van der Waals surface area (Å²) in [4.78, 5) is 14.3. The average Bonchev–Trinajstić information content (AvgIpc) is 2.41. The molecule has 1 aliphatic rings. The lowest BCUT2D eigenvalue weighted by Gasteiger charge is -2.31. The van der Waals surface area contributed by atoms with E-state index in [1.54, 1.807) is 6.92 Å². The molecule has 0 aliphatic heterocycles. The van der Waals surface area contributed by atoms with Gasteiger partial charge in [0.05, 0.1) is 4.92 Å². The number of hydrogen-bond acceptors (Lipinski definition) is 5. The SMILES string of the molecule is Cc1cc([N+](=O)[O-])cnc1NC1CCCCC1CO. The lowest BCUT2D eigenvalue weighted by molar-refractivity contribution is -0.385. The standard InChI is InChI=1S/C13H19N3O3/c1-9-6-11(16(18)19)7-14-13(9)15-12-5-3-2-4-10(12)8-17/h6-7,10,12,17H,2-5,8H2,1H3,(H,14,15). The van der Waals surface area contributed by atoms with E-state index in [9.17, 15) is 15.2 Å². The van der Waals surface area contributed by atoms with Gasteiger partial charge in [0, 0.05) is 24.6 Å². The summed E-state index contributed by atoms with van der Waals surface area (Å²) in [5, 5.41) is 23.4. The average molecular weight is 265 g/mol. The van der Waals surface area contributed by atoms with Gasteiger partial charge in [-0.1, -0.05) is 12.8 Å². The van der Waals surface area contributed by atoms with Gasteiger partial charge in [0.15, 0.2) is 0 Å². The third-order valence-corrected chi connectivity index (χ3v) is 3.74. The molecule has 1 saturated carbocycles. The Morgan fingerprint density at radius 2 is 2.26 bits per heavy atom. The second-order valence-corrected chi connectivity index (χ2v) is 5.09. The van der Waals surface area contributed by atoms with Crippen molar-refractivity contribution < 1.29 is 10.0 Å². The molecule has 104 valence electrons. The van der Waals surface area contributed by atoms with Gasteiger partial charge < -0.3 is 10.4 Å². The van der Waals surface area contributed by atoms with Crippen molar-refractivity contribution >= 4 is 11.5 Å². The molecule has 1 heterocycles. The number of aryl methyl sites for hydroxylation is 1. The van der Waals surface area contributed by atoms with Gasteiger partial charge in [0.2, 0.25) is 0 Å². The summed E-state index contributed by atoms with van der Waals surface area (Å²) in [5.74, 6) is 0.918. The number of pyridine rings is 1. The van der Waals surface area contributed by atoms with Crippen LogP contribution in [0, 0.1) is 23.0 Å². The van der Waals surface area contributed by atoms with Gasteiger partial charge in [-0.05, 0) is 25.3 Å². The van der Waals surface area contributed by atoms with E-state index in [-0.39, 0.29) is 24.3 Å². The molecule has 1 fully saturated rings. The van der Waals surface area contributed by atoms with E-state index in [4.69, 9.17) is 0 Å². The zero-order chi connectivity index (χ0) is 13.8. The van der Waals surface area contributed by atoms with Gasteiger partial charge in [0.1, 0.15) is 12.0 Å². The maximum absolute atomic E-state index is 10.7. The highest BCUT2D eigenvalue weighted by Gasteiger charge is 2.25. The molecule has 2 N–H and O–H groups in total. The van der Waals surface area contributed by atoms with Crippen molar-refractivity contribution in [2.24, 2.45) is 5.92 Å². The molecular weight excluding hydrogens is 246 g/mol. The van der Waals surface area contributed by atoms with Gasteiger partial charge in [-0.25, -0.2) is 4.98 Å². The van der Waals surface area contributed by atoms with Crippen LogP contribution in [-0.4, -0.2) is 27.7 Å². The smallest absolute Gasteiger partial charge is 0.287 e. The molecule has 1 aliphatic carbocycles. The predicted octanol–water partition coefficient (Wildman–Crippen LogP) is 2.26. The summed E-state index contributed by atoms with van der Waals surface area (Å²) in [5.41, 5.74) is 0.766. The second kappa shape index (κ2) is 5.97. The van der Waals surface area contributed by atoms with Gasteiger partial charge in [-0.15, -0.1) is 0 Å². The first-order chi connectivity index (χ1) is 9.11. The predicted molar refractivity (Wildman–Crippen MR) is 72.1 cm³/mol. The lowest BCUT2D eigenvalue weighted by Crippen LogP contribution is -2.34. The number of hydrogen-bond donors (Lipinski definition) is 2. The van der Waals surface area contributed by atoms with Gasteiger partial charge in [-0.3, -0.25) is 10.1 Å². The molecule has 0 radical (unpaired) electrons. The minimum atomic E-state index is -0.444. The van der Waals surface area contributed by atoms with Crippen molar-refractivity contribution in [3.05, 3.63) is 27.9 Å². The summed E-state index contributed by atoms with van der Waals surface area (Å²) in [7, 11) is 0. The largest absolute Gasteiger partial charge is 0.396 e. The van der Waals surface area contributed by atoms with Gasteiger partial charge in [0.25, 0.3) is 5.69 Å². The van der Waals surface area contributed by atoms with Crippen LogP contribution in [0.4, 0.5) is 11.5 Å². The Balaban J connectivity index is 2.11. The van der Waals surface area contributed by atoms with Gasteiger partial charge in [-0.2, -0.15) is 0 Å². The first-order valence-corrected chi connectivity index (χ1v) is 6.60. The van der Waals surface area contributed by atoms with Gasteiger partial charge >= 0.3 is 0 Å². The first-order valence-electron chi connectivity index (χ1n) is 6.60. The van der Waals surface area contributed by atoms with Crippen LogP contribution in [0.1, 0.15) is 31.2 Å². The minimum Gasteiger partial charge on any atom is -0.396 e. The number of rotatable bonds is 4. The molecule has 2 rings (SSSR count). The Morgan fingerprint density at radius 3 is 2.89 bits per heavy atom. The maximum Gasteiger partial charge on any atom is 0.287 e. The van der Waals surface area contributed by atoms with Crippen LogP contribution < -0.4 is 5.32 Å². The van der Waals surface area contributed by atoms with E-state index in [0.717, 1.165) is 31.2 Å². The Bertz CT molecular complexity index is 464. The van der Waals surface area contributed by atoms with Crippen LogP contribution >= 0.6 is 0 Å². The molecule has 0 spiro atoms. The van der Waals surface area contributed by atoms with Crippen molar-refractivity contribution in [1.82, 2.24) is 4.98 Å². The van der Waals surface area contributed by atoms with E-state index in [0.29, 0.717) is 5.82 Å². The summed E-state index contributed by atoms with van der Waals surface area (Å²) < 4.78 is 0. The minimum absolute atomic E-state index is 0.00500. The van der Waals surface area contributed by atoms with Crippen LogP contribution in [0.5, 0.6) is 0 Å². The highest BCUT2D eigenvalue weighted by atomic mass is 16.6. The van der Waals surface area contributed by atoms with Crippen molar-refractivity contribution in [2.75, 3.05) is 11.9 Å². The lowest BCUT2D eigenvalue weighted by atomic mass is 9.85. The zero-order valence-corrected chi connectivity index (χ0v) is 11.0. The summed E-state index contributed by atoms with van der Waals surface area (Å²) in [6.45, 7) is 1.98. The van der Waals surface area contributed by atoms with Crippen LogP contribution in [0.15, 0.2) is 12.3 Å². The van der Waals surface area contributed by atoms with Crippen molar-refractivity contribution in [2.45, 2.75) is 38.6 Å². The third kappa shape index (κ3) is 3.20. The molecular formula is C13H19N3O3. The number of anilines is 1. The van der Waals surface area contributed by atoms with E-state index in [1.807, 2.05) is 0 Å². The molecule has 0 amide bonds. The molecule has 6 heteroatoms. The summed E-state index contributed by atoms with van der Waals surface area (Å²) in [6.07, 6.45) is 5.58.